The van der Waals surface area contributed by atoms with Crippen LogP contribution in [0.2, 0.25) is 5.02 Å². The summed E-state index contributed by atoms with van der Waals surface area (Å²) in [4.78, 5) is 16.7. The smallest absolute Gasteiger partial charge is 0.222 e. The molecule has 1 aliphatic rings. The van der Waals surface area contributed by atoms with Crippen molar-refractivity contribution in [2.24, 2.45) is 0 Å². The third kappa shape index (κ3) is 5.05. The molecular formula is C12H11ClN2O2. The number of fused-ring (bicyclic) bond motifs is 1. The molecule has 1 aliphatic carbocycles. The van der Waals surface area contributed by atoms with Gasteiger partial charge in [0.1, 0.15) is 0 Å². The molecule has 0 amide bonds. The standard InChI is InChI=1S/C10H9Cl.2CHNO/c1-7-5-8-3-2-4-9(8)10(11)6-7;2*2-1-3/h2,4-6H,3H2,1H3;2*2H. The number of rotatable bonds is 0. The molecule has 0 fully saturated rings. The highest BCUT2D eigenvalue weighted by Crippen LogP contribution is 2.28. The number of hydrogen-bond donors (Lipinski definition) is 2. The first-order valence-electron chi connectivity index (χ1n) is 4.64. The van der Waals surface area contributed by atoms with Crippen molar-refractivity contribution in [2.45, 2.75) is 13.3 Å². The van der Waals surface area contributed by atoms with E-state index in [2.05, 4.69) is 25.1 Å². The molecule has 1 aromatic rings. The van der Waals surface area contributed by atoms with Gasteiger partial charge in [0.25, 0.3) is 0 Å². The van der Waals surface area contributed by atoms with Crippen LogP contribution in [-0.2, 0) is 16.0 Å². The zero-order chi connectivity index (χ0) is 13.3. The lowest BCUT2D eigenvalue weighted by Crippen LogP contribution is -1.84. The van der Waals surface area contributed by atoms with E-state index in [1.54, 1.807) is 0 Å². The molecule has 88 valence electrons. The third-order valence-electron chi connectivity index (χ3n) is 1.98. The van der Waals surface area contributed by atoms with Crippen molar-refractivity contribution in [3.63, 3.8) is 0 Å². The Balaban J connectivity index is 0.000000366. The van der Waals surface area contributed by atoms with Gasteiger partial charge in [0.15, 0.2) is 0 Å². The van der Waals surface area contributed by atoms with E-state index >= 15 is 0 Å². The average molecular weight is 251 g/mol. The summed E-state index contributed by atoms with van der Waals surface area (Å²) in [6.07, 6.45) is 6.78. The largest absolute Gasteiger partial charge is 0.231 e. The highest BCUT2D eigenvalue weighted by atomic mass is 35.5. The second-order valence-corrected chi connectivity index (χ2v) is 3.54. The van der Waals surface area contributed by atoms with Crippen LogP contribution >= 0.6 is 11.6 Å². The Hall–Kier alpha value is -1.99. The molecule has 0 aliphatic heterocycles. The minimum atomic E-state index is 0.750. The molecule has 0 saturated heterocycles. The summed E-state index contributed by atoms with van der Waals surface area (Å²) in [5.41, 5.74) is 3.81. The summed E-state index contributed by atoms with van der Waals surface area (Å²) >= 11 is 6.02. The number of hydrogen-bond acceptors (Lipinski definition) is 4. The van der Waals surface area contributed by atoms with Gasteiger partial charge < -0.3 is 0 Å². The van der Waals surface area contributed by atoms with E-state index < -0.39 is 0 Å². The number of allylic oxidation sites excluding steroid dienone is 1. The van der Waals surface area contributed by atoms with Crippen molar-refractivity contribution in [1.29, 1.82) is 10.8 Å². The molecule has 4 nitrogen and oxygen atoms in total. The van der Waals surface area contributed by atoms with E-state index in [9.17, 15) is 0 Å². The Labute approximate surface area is 104 Å². The van der Waals surface area contributed by atoms with Gasteiger partial charge in [0.05, 0.1) is 0 Å². The van der Waals surface area contributed by atoms with E-state index in [4.69, 9.17) is 32.0 Å². The molecule has 0 radical (unpaired) electrons. The molecule has 0 unspecified atom stereocenters. The van der Waals surface area contributed by atoms with Gasteiger partial charge in [-0.2, -0.15) is 0 Å². The van der Waals surface area contributed by atoms with Gasteiger partial charge in [0, 0.05) is 5.02 Å². The maximum absolute atomic E-state index is 8.35. The Morgan fingerprint density at radius 1 is 1.24 bits per heavy atom. The molecule has 0 spiro atoms. The summed E-state index contributed by atoms with van der Waals surface area (Å²) in [6, 6.07) is 4.21. The quantitative estimate of drug-likeness (QED) is 0.548. The van der Waals surface area contributed by atoms with Gasteiger partial charge >= 0.3 is 0 Å². The van der Waals surface area contributed by atoms with Crippen LogP contribution in [0.3, 0.4) is 0 Å². The molecule has 2 rings (SSSR count). The van der Waals surface area contributed by atoms with E-state index in [0.717, 1.165) is 23.6 Å². The second kappa shape index (κ2) is 8.20. The van der Waals surface area contributed by atoms with Crippen LogP contribution < -0.4 is 0 Å². The molecule has 0 atom stereocenters. The normalized spacial score (nSPS) is 9.76. The number of aryl methyl sites for hydroxylation is 1. The molecule has 2 N–H and O–H groups in total. The molecule has 17 heavy (non-hydrogen) atoms. The second-order valence-electron chi connectivity index (χ2n) is 3.13. The summed E-state index contributed by atoms with van der Waals surface area (Å²) in [6.45, 7) is 2.07. The minimum Gasteiger partial charge on any atom is -0.222 e. The van der Waals surface area contributed by atoms with Gasteiger partial charge in [-0.25, -0.2) is 20.4 Å². The number of carbonyl (C=O) groups excluding carboxylic acids is 2. The number of nitrogens with one attached hydrogen (secondary N) is 2. The van der Waals surface area contributed by atoms with Crippen molar-refractivity contribution in [1.82, 2.24) is 0 Å². The van der Waals surface area contributed by atoms with E-state index in [-0.39, 0.29) is 0 Å². The summed E-state index contributed by atoms with van der Waals surface area (Å²) in [5, 5.41) is 11.7. The van der Waals surface area contributed by atoms with Crippen molar-refractivity contribution >= 4 is 29.8 Å². The number of benzene rings is 1. The maximum atomic E-state index is 8.35. The lowest BCUT2D eigenvalue weighted by molar-refractivity contribution is 0.562. The predicted octanol–water partition coefficient (Wildman–Crippen LogP) is 3.02. The highest BCUT2D eigenvalue weighted by molar-refractivity contribution is 6.32. The van der Waals surface area contributed by atoms with E-state index in [1.807, 2.05) is 6.07 Å². The predicted molar refractivity (Wildman–Crippen MR) is 65.8 cm³/mol. The zero-order valence-electron chi connectivity index (χ0n) is 9.21. The first-order valence-corrected chi connectivity index (χ1v) is 5.01. The first kappa shape index (κ1) is 15.0. The number of halogens is 1. The fourth-order valence-corrected chi connectivity index (χ4v) is 1.84. The Kier molecular flexibility index (Phi) is 7.24. The van der Waals surface area contributed by atoms with Gasteiger partial charge in [-0.05, 0) is 36.1 Å². The maximum Gasteiger partial charge on any atom is 0.231 e. The van der Waals surface area contributed by atoms with Crippen LogP contribution in [0.15, 0.2) is 18.2 Å². The van der Waals surface area contributed by atoms with E-state index in [0.29, 0.717) is 0 Å². The van der Waals surface area contributed by atoms with Gasteiger partial charge in [-0.3, -0.25) is 0 Å². The Morgan fingerprint density at radius 3 is 2.29 bits per heavy atom. The molecule has 5 heteroatoms. The Bertz CT molecular complexity index is 472. The third-order valence-corrected chi connectivity index (χ3v) is 2.29. The number of isocyanates is 2. The van der Waals surface area contributed by atoms with E-state index in [1.165, 1.54) is 16.7 Å². The highest BCUT2D eigenvalue weighted by Gasteiger charge is 2.08. The fourth-order valence-electron chi connectivity index (χ4n) is 1.48. The van der Waals surface area contributed by atoms with Gasteiger partial charge in [-0.1, -0.05) is 29.8 Å². The van der Waals surface area contributed by atoms with Gasteiger partial charge in [-0.15, -0.1) is 0 Å². The summed E-state index contributed by atoms with van der Waals surface area (Å²) < 4.78 is 0. The lowest BCUT2D eigenvalue weighted by Gasteiger charge is -2.02. The van der Waals surface area contributed by atoms with Crippen LogP contribution in [0.5, 0.6) is 0 Å². The van der Waals surface area contributed by atoms with Gasteiger partial charge in [0.2, 0.25) is 12.2 Å². The molecule has 0 bridgehead atoms. The minimum absolute atomic E-state index is 0.750. The lowest BCUT2D eigenvalue weighted by atomic mass is 10.1. The van der Waals surface area contributed by atoms with Crippen molar-refractivity contribution in [3.8, 4) is 0 Å². The average Bonchev–Trinajstić information content (AvgIpc) is 2.68. The summed E-state index contributed by atoms with van der Waals surface area (Å²) in [7, 11) is 0. The monoisotopic (exact) mass is 250 g/mol. The van der Waals surface area contributed by atoms with Crippen LogP contribution in [0, 0.1) is 17.7 Å². The molecule has 1 aromatic carbocycles. The molecule has 0 aromatic heterocycles. The van der Waals surface area contributed by atoms with Crippen LogP contribution in [0.25, 0.3) is 6.08 Å². The summed E-state index contributed by atoms with van der Waals surface area (Å²) in [5.74, 6) is 0. The van der Waals surface area contributed by atoms with Crippen LogP contribution in [-0.4, -0.2) is 12.2 Å². The first-order chi connectivity index (χ1) is 8.10. The SMILES string of the molecule is Cc1cc(Cl)c2c(c1)CC=C2.N=C=O.N=C=O. The van der Waals surface area contributed by atoms with Crippen molar-refractivity contribution in [2.75, 3.05) is 0 Å². The fraction of sp³-hybridized carbons (Fsp3) is 0.167. The molecular weight excluding hydrogens is 240 g/mol. The molecule has 0 saturated carbocycles. The van der Waals surface area contributed by atoms with Crippen LogP contribution in [0.4, 0.5) is 0 Å². The zero-order valence-corrected chi connectivity index (χ0v) is 9.97. The van der Waals surface area contributed by atoms with Crippen LogP contribution in [0.1, 0.15) is 16.7 Å². The topological polar surface area (TPSA) is 81.8 Å². The molecule has 0 heterocycles. The Morgan fingerprint density at radius 2 is 1.76 bits per heavy atom. The van der Waals surface area contributed by atoms with Crippen molar-refractivity contribution in [3.05, 3.63) is 39.9 Å². The van der Waals surface area contributed by atoms with Crippen molar-refractivity contribution < 1.29 is 9.59 Å².